The van der Waals surface area contributed by atoms with Gasteiger partial charge in [-0.1, -0.05) is 18.2 Å². The van der Waals surface area contributed by atoms with Crippen molar-refractivity contribution in [3.63, 3.8) is 0 Å². The Morgan fingerprint density at radius 3 is 2.57 bits per heavy atom. The van der Waals surface area contributed by atoms with Crippen LogP contribution in [-0.4, -0.2) is 56.6 Å². The second kappa shape index (κ2) is 9.87. The van der Waals surface area contributed by atoms with E-state index in [1.54, 1.807) is 13.2 Å². The Kier molecular flexibility index (Phi) is 5.97. The van der Waals surface area contributed by atoms with Gasteiger partial charge in [0.25, 0.3) is 11.8 Å². The van der Waals surface area contributed by atoms with Crippen LogP contribution in [0.3, 0.4) is 0 Å². The minimum absolute atomic E-state index is 0.0322. The molecule has 0 radical (unpaired) electrons. The van der Waals surface area contributed by atoms with Gasteiger partial charge in [-0.3, -0.25) is 9.59 Å². The van der Waals surface area contributed by atoms with Crippen molar-refractivity contribution in [3.05, 3.63) is 65.7 Å². The van der Waals surface area contributed by atoms with Crippen LogP contribution in [0.5, 0.6) is 5.75 Å². The van der Waals surface area contributed by atoms with Gasteiger partial charge in [0, 0.05) is 48.7 Å². The topological polar surface area (TPSA) is 107 Å². The molecule has 3 aromatic carbocycles. The Bertz CT molecular complexity index is 2170. The van der Waals surface area contributed by atoms with Gasteiger partial charge in [0.15, 0.2) is 5.82 Å². The number of ether oxygens (including phenoxy) is 1. The highest BCUT2D eigenvalue weighted by Crippen LogP contribution is 2.44. The third kappa shape index (κ3) is 4.18. The first-order valence-corrected chi connectivity index (χ1v) is 16.2. The number of anilines is 1. The van der Waals surface area contributed by atoms with E-state index in [1.165, 1.54) is 12.1 Å². The highest BCUT2D eigenvalue weighted by atomic mass is 19.3. The molecule has 2 amide bonds. The molecular weight excluding hydrogens is 602 g/mol. The zero-order chi connectivity index (χ0) is 32.4. The Morgan fingerprint density at radius 1 is 1.06 bits per heavy atom. The smallest absolute Gasteiger partial charge is 0.352 e. The van der Waals surface area contributed by atoms with Crippen molar-refractivity contribution in [1.82, 2.24) is 19.0 Å². The van der Waals surface area contributed by atoms with Crippen LogP contribution in [-0.2, 0) is 24.3 Å². The molecule has 47 heavy (non-hydrogen) atoms. The fourth-order valence-electron chi connectivity index (χ4n) is 8.06. The van der Waals surface area contributed by atoms with Gasteiger partial charge in [-0.2, -0.15) is 8.78 Å². The summed E-state index contributed by atoms with van der Waals surface area (Å²) in [4.78, 5) is 32.6. The number of fused-ring (bicyclic) bond motifs is 5. The number of carbonyl (C=O) groups is 2. The quantitative estimate of drug-likeness (QED) is 0.242. The van der Waals surface area contributed by atoms with E-state index in [9.17, 15) is 18.4 Å². The number of aromatic nitrogens is 3. The number of hydrogen-bond acceptors (Lipinski definition) is 5. The molecule has 3 atom stereocenters. The summed E-state index contributed by atoms with van der Waals surface area (Å²) in [6, 6.07) is 16.5. The number of halogens is 2. The van der Waals surface area contributed by atoms with Crippen LogP contribution in [0.15, 0.2) is 54.6 Å². The molecule has 2 aromatic heterocycles. The first-order chi connectivity index (χ1) is 22.6. The normalized spacial score (nSPS) is 22.8. The first-order valence-electron chi connectivity index (χ1n) is 16.2. The average Bonchev–Trinajstić information content (AvgIpc) is 3.33. The van der Waals surface area contributed by atoms with E-state index in [2.05, 4.69) is 16.0 Å². The molecule has 9 rings (SSSR count). The molecule has 5 aromatic rings. The van der Waals surface area contributed by atoms with Gasteiger partial charge in [0.2, 0.25) is 0 Å². The second-order valence-electron chi connectivity index (χ2n) is 13.6. The molecule has 9 nitrogen and oxygen atoms in total. The number of benzene rings is 3. The van der Waals surface area contributed by atoms with Gasteiger partial charge in [-0.05, 0) is 85.0 Å². The lowest BCUT2D eigenvalue weighted by Crippen LogP contribution is -2.41. The van der Waals surface area contributed by atoms with Crippen LogP contribution in [0.25, 0.3) is 44.6 Å². The summed E-state index contributed by atoms with van der Waals surface area (Å²) in [6.07, 6.45) is 4.29. The van der Waals surface area contributed by atoms with Gasteiger partial charge < -0.3 is 29.8 Å². The van der Waals surface area contributed by atoms with Crippen molar-refractivity contribution in [2.75, 3.05) is 19.0 Å². The number of piperidine rings is 1. The number of amides is 2. The lowest BCUT2D eigenvalue weighted by molar-refractivity contribution is -0.139. The molecule has 3 fully saturated rings. The van der Waals surface area contributed by atoms with E-state index < -0.39 is 11.8 Å². The summed E-state index contributed by atoms with van der Waals surface area (Å²) >= 11 is 0. The number of methoxy groups -OCH3 is 1. The second-order valence-corrected chi connectivity index (χ2v) is 13.6. The Labute approximate surface area is 269 Å². The predicted octanol–water partition coefficient (Wildman–Crippen LogP) is 5.89. The molecule has 4 aliphatic rings. The molecule has 2 saturated carbocycles. The number of nitrogens with one attached hydrogen (secondary N) is 1. The van der Waals surface area contributed by atoms with Crippen LogP contribution >= 0.6 is 0 Å². The number of nitrogens with two attached hydrogens (primary N) is 1. The molecule has 0 unspecified atom stereocenters. The molecular formula is C36H34F2N6O3. The monoisotopic (exact) mass is 636 g/mol. The van der Waals surface area contributed by atoms with E-state index in [4.69, 9.17) is 15.5 Å². The zero-order valence-electron chi connectivity index (χ0n) is 26.1. The number of alkyl halides is 2. The number of carbonyl (C=O) groups excluding carboxylic acids is 2. The highest BCUT2D eigenvalue weighted by molar-refractivity contribution is 6.04. The summed E-state index contributed by atoms with van der Waals surface area (Å²) < 4.78 is 39.3. The number of nitrogens with zero attached hydrogens (tertiary/aromatic N) is 4. The molecule has 2 aliphatic heterocycles. The molecule has 2 bridgehead atoms. The van der Waals surface area contributed by atoms with Crippen LogP contribution in [0, 0.1) is 11.8 Å². The lowest BCUT2D eigenvalue weighted by atomic mass is 9.99. The predicted molar refractivity (Wildman–Crippen MR) is 174 cm³/mol. The molecule has 240 valence electrons. The molecule has 4 heterocycles. The summed E-state index contributed by atoms with van der Waals surface area (Å²) in [7, 11) is 3.56. The van der Waals surface area contributed by atoms with Crippen molar-refractivity contribution in [2.24, 2.45) is 24.6 Å². The van der Waals surface area contributed by atoms with Crippen molar-refractivity contribution < 1.29 is 23.1 Å². The summed E-state index contributed by atoms with van der Waals surface area (Å²) in [5, 5.41) is 3.28. The maximum atomic E-state index is 14.6. The summed E-state index contributed by atoms with van der Waals surface area (Å²) in [5.74, 6) is -2.69. The molecule has 1 saturated heterocycles. The van der Waals surface area contributed by atoms with Gasteiger partial charge in [0.1, 0.15) is 11.3 Å². The van der Waals surface area contributed by atoms with Gasteiger partial charge in [-0.15, -0.1) is 0 Å². The SMILES string of the molecule is COc1cc(C(=O)N2C[C@H]3CC[C@@H]2[C@@H]3N)cc2nc(-c3cc4ccc(-c5ccc6c(c5)C(F)(F)C(=O)N6)cc4n3CC3CC3)n(C)c12. The largest absolute Gasteiger partial charge is 0.494 e. The number of likely N-dealkylation sites (tertiary alicyclic amines) is 1. The molecule has 11 heteroatoms. The first kappa shape index (κ1) is 28.5. The maximum absolute atomic E-state index is 14.6. The van der Waals surface area contributed by atoms with E-state index in [-0.39, 0.29) is 29.2 Å². The molecule has 2 aliphatic carbocycles. The minimum Gasteiger partial charge on any atom is -0.494 e. The Hall–Kier alpha value is -4.77. The van der Waals surface area contributed by atoms with Gasteiger partial charge in [-0.25, -0.2) is 4.98 Å². The van der Waals surface area contributed by atoms with Crippen LogP contribution < -0.4 is 15.8 Å². The third-order valence-electron chi connectivity index (χ3n) is 10.8. The van der Waals surface area contributed by atoms with E-state index in [0.717, 1.165) is 65.7 Å². The third-order valence-corrected chi connectivity index (χ3v) is 10.8. The van der Waals surface area contributed by atoms with E-state index >= 15 is 0 Å². The van der Waals surface area contributed by atoms with E-state index in [0.29, 0.717) is 40.8 Å². The van der Waals surface area contributed by atoms with Crippen molar-refractivity contribution in [3.8, 4) is 28.4 Å². The van der Waals surface area contributed by atoms with Crippen LogP contribution in [0.4, 0.5) is 14.5 Å². The minimum atomic E-state index is -3.57. The summed E-state index contributed by atoms with van der Waals surface area (Å²) in [5.41, 5.74) is 11.5. The van der Waals surface area contributed by atoms with Crippen LogP contribution in [0.2, 0.25) is 0 Å². The van der Waals surface area contributed by atoms with Crippen molar-refractivity contribution in [1.29, 1.82) is 0 Å². The Balaban J connectivity index is 1.14. The summed E-state index contributed by atoms with van der Waals surface area (Å²) in [6.45, 7) is 1.48. The number of aryl methyl sites for hydroxylation is 1. The van der Waals surface area contributed by atoms with Gasteiger partial charge in [0.05, 0.1) is 29.6 Å². The molecule has 3 N–H and O–H groups in total. The van der Waals surface area contributed by atoms with E-state index in [1.807, 2.05) is 46.8 Å². The van der Waals surface area contributed by atoms with Crippen molar-refractivity contribution >= 4 is 39.4 Å². The van der Waals surface area contributed by atoms with Gasteiger partial charge >= 0.3 is 5.92 Å². The fraction of sp³-hybridized carbons (Fsp3) is 0.361. The Morgan fingerprint density at radius 2 is 1.85 bits per heavy atom. The van der Waals surface area contributed by atoms with Crippen molar-refractivity contribution in [2.45, 2.75) is 50.2 Å². The number of rotatable bonds is 6. The van der Waals surface area contributed by atoms with Crippen LogP contribution in [0.1, 0.15) is 41.6 Å². The lowest BCUT2D eigenvalue weighted by Gasteiger charge is -2.27. The fourth-order valence-corrected chi connectivity index (χ4v) is 8.06. The standard InChI is InChI=1S/C36H34F2N6O3/c1-42-32-26(12-23(15-30(32)47-2)34(45)44-17-22-8-10-27(44)31(22)39)40-33(42)29-14-21-6-5-20(13-28(21)43(29)16-18-3-4-18)19-7-9-25-24(11-19)36(37,38)35(46)41-25/h5-7,9,11-15,18,22,27,31H,3-4,8,10,16-17,39H2,1-2H3,(H,41,46)/t22-,27-,31-/m1/s1. The number of imidazole rings is 1. The maximum Gasteiger partial charge on any atom is 0.352 e. The zero-order valence-corrected chi connectivity index (χ0v) is 26.1. The number of hydrogen-bond donors (Lipinski definition) is 2. The molecule has 0 spiro atoms. The highest BCUT2D eigenvalue weighted by Gasteiger charge is 2.49. The average molecular weight is 637 g/mol.